The van der Waals surface area contributed by atoms with Crippen molar-refractivity contribution in [2.75, 3.05) is 7.11 Å². The zero-order chi connectivity index (χ0) is 21.1. The van der Waals surface area contributed by atoms with Crippen LogP contribution in [0.1, 0.15) is 40.6 Å². The Labute approximate surface area is 179 Å². The molecule has 0 radical (unpaired) electrons. The van der Waals surface area contributed by atoms with Crippen LogP contribution in [0.2, 0.25) is 0 Å². The molecule has 0 aliphatic carbocycles. The SMILES string of the molecule is COc1ccccc1-c1cc2ncc3c(n2n1)C[C@H]1CC[C@@H]3N1C(=O)c1ccnn1C. The summed E-state index contributed by atoms with van der Waals surface area (Å²) < 4.78 is 9.11. The van der Waals surface area contributed by atoms with Crippen molar-refractivity contribution in [2.45, 2.75) is 31.3 Å². The third-order valence-electron chi connectivity index (χ3n) is 6.56. The van der Waals surface area contributed by atoms with E-state index in [9.17, 15) is 4.79 Å². The second-order valence-corrected chi connectivity index (χ2v) is 8.16. The predicted molar refractivity (Wildman–Crippen MR) is 114 cm³/mol. The van der Waals surface area contributed by atoms with Crippen molar-refractivity contribution in [2.24, 2.45) is 7.05 Å². The predicted octanol–water partition coefficient (Wildman–Crippen LogP) is 3.04. The third-order valence-corrected chi connectivity index (χ3v) is 6.56. The number of nitrogens with zero attached hydrogens (tertiary/aromatic N) is 6. The zero-order valence-electron chi connectivity index (χ0n) is 17.4. The van der Waals surface area contributed by atoms with Crippen LogP contribution in [0.5, 0.6) is 5.75 Å². The fourth-order valence-electron chi connectivity index (χ4n) is 5.10. The van der Waals surface area contributed by atoms with Crippen LogP contribution in [0.3, 0.4) is 0 Å². The van der Waals surface area contributed by atoms with Crippen LogP contribution in [-0.4, -0.2) is 48.3 Å². The molecule has 0 unspecified atom stereocenters. The van der Waals surface area contributed by atoms with E-state index in [2.05, 4.69) is 5.10 Å². The summed E-state index contributed by atoms with van der Waals surface area (Å²) >= 11 is 0. The molecule has 4 aromatic rings. The van der Waals surface area contributed by atoms with Crippen LogP contribution >= 0.6 is 0 Å². The van der Waals surface area contributed by atoms with Crippen LogP contribution in [0.4, 0.5) is 0 Å². The Morgan fingerprint density at radius 2 is 2.06 bits per heavy atom. The van der Waals surface area contributed by atoms with Crippen molar-refractivity contribution < 1.29 is 9.53 Å². The summed E-state index contributed by atoms with van der Waals surface area (Å²) in [5.41, 5.74) is 5.44. The van der Waals surface area contributed by atoms with Gasteiger partial charge in [0.1, 0.15) is 11.4 Å². The number of amides is 1. The van der Waals surface area contributed by atoms with E-state index >= 15 is 0 Å². The molecule has 5 heterocycles. The minimum absolute atomic E-state index is 0.0203. The first-order valence-corrected chi connectivity index (χ1v) is 10.5. The van der Waals surface area contributed by atoms with Crippen LogP contribution < -0.4 is 4.74 Å². The molecule has 31 heavy (non-hydrogen) atoms. The summed E-state index contributed by atoms with van der Waals surface area (Å²) in [6, 6.07) is 11.8. The highest BCUT2D eigenvalue weighted by Gasteiger charge is 2.44. The molecule has 0 spiro atoms. The monoisotopic (exact) mass is 414 g/mol. The van der Waals surface area contributed by atoms with E-state index in [-0.39, 0.29) is 18.0 Å². The maximum atomic E-state index is 13.3. The van der Waals surface area contributed by atoms with Crippen molar-refractivity contribution in [1.29, 1.82) is 0 Å². The molecule has 1 aromatic carbocycles. The van der Waals surface area contributed by atoms with Crippen molar-refractivity contribution >= 4 is 11.6 Å². The van der Waals surface area contributed by atoms with Crippen molar-refractivity contribution in [3.05, 3.63) is 65.7 Å². The average Bonchev–Trinajstić information content (AvgIpc) is 3.50. The number of aryl methyl sites for hydroxylation is 1. The molecule has 1 saturated heterocycles. The summed E-state index contributed by atoms with van der Waals surface area (Å²) in [6.45, 7) is 0. The minimum atomic E-state index is 0.0203. The number of para-hydroxylation sites is 1. The van der Waals surface area contributed by atoms with Crippen LogP contribution in [-0.2, 0) is 13.5 Å². The molecule has 8 heteroatoms. The number of carbonyl (C=O) groups excluding carboxylic acids is 1. The molecule has 2 aliphatic rings. The highest BCUT2D eigenvalue weighted by molar-refractivity contribution is 5.93. The summed E-state index contributed by atoms with van der Waals surface area (Å²) in [6.07, 6.45) is 6.27. The lowest BCUT2D eigenvalue weighted by molar-refractivity contribution is 0.0631. The number of methoxy groups -OCH3 is 1. The second kappa shape index (κ2) is 6.66. The van der Waals surface area contributed by atoms with E-state index < -0.39 is 0 Å². The molecular formula is C23H22N6O2. The number of hydrogen-bond donors (Lipinski definition) is 0. The molecule has 1 fully saturated rings. The van der Waals surface area contributed by atoms with E-state index in [1.165, 1.54) is 0 Å². The molecule has 156 valence electrons. The van der Waals surface area contributed by atoms with Crippen molar-refractivity contribution in [3.8, 4) is 17.0 Å². The number of aromatic nitrogens is 5. The van der Waals surface area contributed by atoms with Crippen LogP contribution in [0, 0.1) is 0 Å². The molecule has 2 bridgehead atoms. The lowest BCUT2D eigenvalue weighted by Gasteiger charge is -2.36. The quantitative estimate of drug-likeness (QED) is 0.515. The maximum absolute atomic E-state index is 13.3. The normalized spacial score (nSPS) is 19.6. The fourth-order valence-corrected chi connectivity index (χ4v) is 5.10. The van der Waals surface area contributed by atoms with E-state index in [1.807, 2.05) is 45.9 Å². The first-order valence-electron chi connectivity index (χ1n) is 10.5. The van der Waals surface area contributed by atoms with Gasteiger partial charge in [-0.15, -0.1) is 0 Å². The van der Waals surface area contributed by atoms with E-state index in [4.69, 9.17) is 14.8 Å². The van der Waals surface area contributed by atoms with Crippen LogP contribution in [0.15, 0.2) is 48.8 Å². The topological polar surface area (TPSA) is 77.6 Å². The van der Waals surface area contributed by atoms with Gasteiger partial charge in [0, 0.05) is 49.1 Å². The largest absolute Gasteiger partial charge is 0.496 e. The van der Waals surface area contributed by atoms with Gasteiger partial charge >= 0.3 is 0 Å². The van der Waals surface area contributed by atoms with Gasteiger partial charge in [-0.25, -0.2) is 9.50 Å². The summed E-state index contributed by atoms with van der Waals surface area (Å²) in [7, 11) is 3.47. The maximum Gasteiger partial charge on any atom is 0.272 e. The lowest BCUT2D eigenvalue weighted by atomic mass is 9.98. The van der Waals surface area contributed by atoms with E-state index in [1.54, 1.807) is 31.1 Å². The summed E-state index contributed by atoms with van der Waals surface area (Å²) in [5.74, 6) is 0.821. The zero-order valence-corrected chi connectivity index (χ0v) is 17.4. The first-order chi connectivity index (χ1) is 15.2. The molecule has 8 nitrogen and oxygen atoms in total. The standard InChI is InChI=1S/C23H22N6O2/c1-27-19(9-10-25-27)23(30)28-14-7-8-18(28)16-13-24-22-12-17(26-29(22)20(16)11-14)15-5-3-4-6-21(15)31-2/h3-6,9-10,12-14,18H,7-8,11H2,1-2H3/t14-,18+/m1/s1. The number of ether oxygens (including phenoxy) is 1. The summed E-state index contributed by atoms with van der Waals surface area (Å²) in [4.78, 5) is 20.0. The highest BCUT2D eigenvalue weighted by atomic mass is 16.5. The molecule has 0 N–H and O–H groups in total. The van der Waals surface area contributed by atoms with Crippen molar-refractivity contribution in [3.63, 3.8) is 0 Å². The Morgan fingerprint density at radius 1 is 1.19 bits per heavy atom. The van der Waals surface area contributed by atoms with Gasteiger partial charge in [0.2, 0.25) is 0 Å². The van der Waals surface area contributed by atoms with Gasteiger partial charge in [-0.05, 0) is 31.0 Å². The third kappa shape index (κ3) is 2.60. The van der Waals surface area contributed by atoms with Gasteiger partial charge in [-0.2, -0.15) is 10.2 Å². The van der Waals surface area contributed by atoms with Gasteiger partial charge in [-0.3, -0.25) is 9.48 Å². The number of hydrogen-bond acceptors (Lipinski definition) is 5. The number of fused-ring (bicyclic) bond motifs is 6. The molecule has 1 amide bonds. The fraction of sp³-hybridized carbons (Fsp3) is 0.304. The minimum Gasteiger partial charge on any atom is -0.496 e. The number of benzene rings is 1. The number of rotatable bonds is 3. The van der Waals surface area contributed by atoms with Gasteiger partial charge in [0.15, 0.2) is 5.65 Å². The van der Waals surface area contributed by atoms with Gasteiger partial charge in [0.25, 0.3) is 5.91 Å². The molecule has 3 aromatic heterocycles. The Kier molecular flexibility index (Phi) is 3.89. The average molecular weight is 414 g/mol. The Hall–Kier alpha value is -3.68. The van der Waals surface area contributed by atoms with Crippen LogP contribution in [0.25, 0.3) is 16.9 Å². The molecule has 6 rings (SSSR count). The smallest absolute Gasteiger partial charge is 0.272 e. The summed E-state index contributed by atoms with van der Waals surface area (Å²) in [5, 5.41) is 9.06. The van der Waals surface area contributed by atoms with E-state index in [0.717, 1.165) is 53.2 Å². The van der Waals surface area contributed by atoms with Gasteiger partial charge in [0.05, 0.1) is 24.5 Å². The molecule has 0 saturated carbocycles. The molecular weight excluding hydrogens is 392 g/mol. The Balaban J connectivity index is 1.44. The van der Waals surface area contributed by atoms with Crippen molar-refractivity contribution in [1.82, 2.24) is 29.3 Å². The number of carbonyl (C=O) groups is 1. The van der Waals surface area contributed by atoms with Gasteiger partial charge in [-0.1, -0.05) is 12.1 Å². The second-order valence-electron chi connectivity index (χ2n) is 8.16. The Morgan fingerprint density at radius 3 is 2.87 bits per heavy atom. The first kappa shape index (κ1) is 18.1. The molecule has 2 aliphatic heterocycles. The van der Waals surface area contributed by atoms with Gasteiger partial charge < -0.3 is 9.64 Å². The Bertz CT molecular complexity index is 1320. The molecule has 2 atom stereocenters. The lowest BCUT2D eigenvalue weighted by Crippen LogP contribution is -2.43. The van der Waals surface area contributed by atoms with E-state index in [0.29, 0.717) is 5.69 Å². The highest BCUT2D eigenvalue weighted by Crippen LogP contribution is 2.44.